The summed E-state index contributed by atoms with van der Waals surface area (Å²) in [5.74, 6) is 4.90. The summed E-state index contributed by atoms with van der Waals surface area (Å²) in [5.41, 5.74) is 1.98. The first-order chi connectivity index (χ1) is 36.9. The zero-order valence-electron chi connectivity index (χ0n) is 65.0. The fourth-order valence-electron chi connectivity index (χ4n) is 9.14. The minimum atomic E-state index is -0.312. The van der Waals surface area contributed by atoms with Crippen LogP contribution in [0.15, 0.2) is 0 Å². The van der Waals surface area contributed by atoms with Gasteiger partial charge in [-0.3, -0.25) is 0 Å². The van der Waals surface area contributed by atoms with Gasteiger partial charge in [0, 0.05) is 5.48 Å². The SMILES string of the molecule is CC.CC.CC1(C)CCCCC1.CC1CCC(C)(C)CC1.CC1CCCCC1.CCC(C)(C)C.CCC(C)C.CCC1CCCCC1.[2H]C(C)(C)C(C)(C)C.[2H]C(C)(C)C(C)C.[2H]C(C)(C)C1CCCC1.[2H]C(C)(C)C1CCCCC1. The topological polar surface area (TPSA) is 0 Å². The number of rotatable bonds is 5. The average Bonchev–Trinajstić information content (AvgIpc) is 3.94. The molecule has 0 radical (unpaired) electrons. The summed E-state index contributed by atoms with van der Waals surface area (Å²) >= 11 is 0. The molecule has 0 heteroatoms. The van der Waals surface area contributed by atoms with Gasteiger partial charge < -0.3 is 0 Å². The Kier molecular flexibility index (Phi) is 56.7. The second-order valence-electron chi connectivity index (χ2n) is 30.4. The Hall–Kier alpha value is 0. The molecule has 6 fully saturated rings. The van der Waals surface area contributed by atoms with Gasteiger partial charge in [-0.25, -0.2) is 0 Å². The van der Waals surface area contributed by atoms with Crippen molar-refractivity contribution in [1.29, 1.82) is 0 Å². The molecular formula is C77H166. The molecule has 0 aromatic rings. The normalized spacial score (nSPS) is 21.1. The fraction of sp³-hybridized carbons (Fsp3) is 1.00. The van der Waals surface area contributed by atoms with Crippen molar-refractivity contribution >= 4 is 0 Å². The summed E-state index contributed by atoms with van der Waals surface area (Å²) in [6.45, 7) is 66.4. The van der Waals surface area contributed by atoms with Gasteiger partial charge in [0.05, 0.1) is 0 Å². The standard InChI is InChI=1S/2C9H18.3C8H16.C7H14.C7H16.2C6H14.C5H12.2C2H6/c1-8-4-6-9(2,3)7-5-8;1-8(2)9-6-4-3-5-7-9;1-8(2)6-4-3-5-7-8;1-7(2)8-5-3-4-6-8;1-2-8-6-4-3-5-7-8;1-7-5-3-2-4-6-7;1-6(2)7(3,4)5;1-5-6(2,3)4;1-5(2)6(3)4;1-4-5(2)3;2*1-2/h8H,4-7H2,1-3H3;8-9H,3-7H2,1-2H3;3-7H2,1-2H3;7-8H,3-6H2,1-2H3;8H,2-7H2,1H3;7H,2-6H2,1H3;6H,1-5H3;5H2,1-4H3;5-6H,1-4H3;5H,4H2,1-3H3;2*1-2H3/i;8D;;7D;;;6D;;5D;;;. The molecule has 0 spiro atoms. The third kappa shape index (κ3) is 68.4. The van der Waals surface area contributed by atoms with Gasteiger partial charge in [0.15, 0.2) is 0 Å². The van der Waals surface area contributed by atoms with E-state index < -0.39 is 0 Å². The lowest BCUT2D eigenvalue weighted by atomic mass is 9.74. The van der Waals surface area contributed by atoms with Crippen LogP contribution in [0.2, 0.25) is 0 Å². The summed E-state index contributed by atoms with van der Waals surface area (Å²) in [4.78, 5) is 0. The van der Waals surface area contributed by atoms with E-state index in [1.54, 1.807) is 0 Å². The monoisotopic (exact) mass is 1100 g/mol. The van der Waals surface area contributed by atoms with E-state index in [0.717, 1.165) is 23.7 Å². The molecule has 0 bridgehead atoms. The number of hydrogen-bond acceptors (Lipinski definition) is 0. The molecule has 77 heavy (non-hydrogen) atoms. The first-order valence-corrected chi connectivity index (χ1v) is 34.9. The van der Waals surface area contributed by atoms with Crippen molar-refractivity contribution in [3.05, 3.63) is 0 Å². The summed E-state index contributed by atoms with van der Waals surface area (Å²) in [6.07, 6.45) is 44.0. The Morgan fingerprint density at radius 1 is 0.416 bits per heavy atom. The van der Waals surface area contributed by atoms with Crippen molar-refractivity contribution in [1.82, 2.24) is 0 Å². The molecule has 0 aromatic carbocycles. The Balaban J connectivity index is -0.000000192. The smallest absolute Gasteiger partial charge is 0.0302 e. The highest BCUT2D eigenvalue weighted by molar-refractivity contribution is 4.76. The van der Waals surface area contributed by atoms with Gasteiger partial charge in [-0.1, -0.05) is 388 Å². The first kappa shape index (κ1) is 79.1. The highest BCUT2D eigenvalue weighted by Gasteiger charge is 2.24. The van der Waals surface area contributed by atoms with E-state index >= 15 is 0 Å². The van der Waals surface area contributed by atoms with Crippen LogP contribution in [0.4, 0.5) is 0 Å². The molecule has 0 N–H and O–H groups in total. The third-order valence-electron chi connectivity index (χ3n) is 18.2. The maximum absolute atomic E-state index is 7.83. The predicted octanol–water partition coefficient (Wildman–Crippen LogP) is 29.4. The van der Waals surface area contributed by atoms with Gasteiger partial charge in [0.25, 0.3) is 0 Å². The Morgan fingerprint density at radius 3 is 0.818 bits per heavy atom. The molecule has 0 saturated heterocycles. The zero-order valence-corrected chi connectivity index (χ0v) is 61.0. The van der Waals surface area contributed by atoms with E-state index in [2.05, 4.69) is 132 Å². The minimum Gasteiger partial charge on any atom is -0.0683 e. The van der Waals surface area contributed by atoms with Crippen LogP contribution in [0.3, 0.4) is 0 Å². The molecule has 0 aliphatic heterocycles. The van der Waals surface area contributed by atoms with Crippen LogP contribution in [0.5, 0.6) is 0 Å². The lowest BCUT2D eigenvalue weighted by molar-refractivity contribution is 0.201. The van der Waals surface area contributed by atoms with Crippen LogP contribution < -0.4 is 0 Å². The fourth-order valence-corrected chi connectivity index (χ4v) is 9.14. The van der Waals surface area contributed by atoms with E-state index in [4.69, 9.17) is 5.48 Å². The van der Waals surface area contributed by atoms with E-state index in [9.17, 15) is 0 Å². The summed E-state index contributed by atoms with van der Waals surface area (Å²) in [6, 6.07) is 0. The van der Waals surface area contributed by atoms with Crippen molar-refractivity contribution in [2.75, 3.05) is 0 Å². The van der Waals surface area contributed by atoms with Gasteiger partial charge >= 0.3 is 0 Å². The maximum atomic E-state index is 7.83. The number of hydrogen-bond donors (Lipinski definition) is 0. The van der Waals surface area contributed by atoms with Crippen molar-refractivity contribution in [3.8, 4) is 0 Å². The van der Waals surface area contributed by atoms with Gasteiger partial charge in [0.2, 0.25) is 0 Å². The quantitative estimate of drug-likeness (QED) is 0.257. The van der Waals surface area contributed by atoms with Gasteiger partial charge in [-0.15, -0.1) is 0 Å². The maximum Gasteiger partial charge on any atom is 0.0302 e. The third-order valence-corrected chi connectivity index (χ3v) is 18.2. The van der Waals surface area contributed by atoms with Gasteiger partial charge in [-0.05, 0) is 112 Å². The molecule has 6 aliphatic carbocycles. The highest BCUT2D eigenvalue weighted by Crippen LogP contribution is 2.38. The zero-order chi connectivity index (χ0) is 65.0. The van der Waals surface area contributed by atoms with Gasteiger partial charge in [-0.2, -0.15) is 0 Å². The van der Waals surface area contributed by atoms with E-state index in [1.807, 2.05) is 83.1 Å². The highest BCUT2D eigenvalue weighted by atomic mass is 14.3. The predicted molar refractivity (Wildman–Crippen MR) is 367 cm³/mol. The summed E-state index contributed by atoms with van der Waals surface area (Å²) in [7, 11) is 0. The lowest BCUT2D eigenvalue weighted by Gasteiger charge is -2.32. The summed E-state index contributed by atoms with van der Waals surface area (Å²) < 4.78 is 30.5. The van der Waals surface area contributed by atoms with E-state index in [-0.39, 0.29) is 29.0 Å². The summed E-state index contributed by atoms with van der Waals surface area (Å²) in [5, 5.41) is 0. The molecule has 474 valence electrons. The Bertz CT molecular complexity index is 1230. The average molecular weight is 1100 g/mol. The van der Waals surface area contributed by atoms with E-state index in [1.165, 1.54) is 199 Å². The van der Waals surface area contributed by atoms with Crippen molar-refractivity contribution in [2.45, 2.75) is 414 Å². The molecule has 6 rings (SSSR count). The molecule has 0 unspecified atom stereocenters. The molecule has 0 amide bonds. The Morgan fingerprint density at radius 2 is 0.662 bits per heavy atom. The molecule has 6 aliphatic rings. The van der Waals surface area contributed by atoms with Gasteiger partial charge in [0.1, 0.15) is 0 Å². The van der Waals surface area contributed by atoms with E-state index in [0.29, 0.717) is 34.0 Å². The van der Waals surface area contributed by atoms with Crippen molar-refractivity contribution in [3.63, 3.8) is 0 Å². The molecule has 0 atom stereocenters. The largest absolute Gasteiger partial charge is 0.0683 e. The van der Waals surface area contributed by atoms with Crippen molar-refractivity contribution in [2.24, 2.45) is 86.7 Å². The molecule has 6 saturated carbocycles. The molecule has 0 nitrogen and oxygen atoms in total. The lowest BCUT2D eigenvalue weighted by Crippen LogP contribution is -2.19. The van der Waals surface area contributed by atoms with Crippen LogP contribution in [0, 0.1) is 86.7 Å². The molecule has 0 heterocycles. The second-order valence-corrected chi connectivity index (χ2v) is 30.4. The van der Waals surface area contributed by atoms with Crippen LogP contribution in [0.25, 0.3) is 0 Å². The second kappa shape index (κ2) is 55.2. The van der Waals surface area contributed by atoms with Crippen LogP contribution >= 0.6 is 0 Å². The molecular weight excluding hydrogens is 925 g/mol. The van der Waals surface area contributed by atoms with Crippen LogP contribution in [0.1, 0.15) is 419 Å². The van der Waals surface area contributed by atoms with Crippen molar-refractivity contribution < 1.29 is 5.48 Å². The Labute approximate surface area is 503 Å². The van der Waals surface area contributed by atoms with Crippen LogP contribution in [-0.4, -0.2) is 0 Å². The minimum absolute atomic E-state index is 0.104. The van der Waals surface area contributed by atoms with Crippen LogP contribution in [-0.2, 0) is 0 Å². The molecule has 0 aromatic heterocycles. The first-order valence-electron chi connectivity index (χ1n) is 36.9.